The SMILES string of the molecule is CCC(CC)NC(=O)Nc1ccc(Oc2ccc(NC(=O)c3ccc(ON4CCCCC4)cc3)cc2)c(COC)c1. The second kappa shape index (κ2) is 15.1. The number of rotatable bonds is 12. The molecule has 1 aliphatic rings. The molecule has 1 fully saturated rings. The highest BCUT2D eigenvalue weighted by molar-refractivity contribution is 6.04. The van der Waals surface area contributed by atoms with Crippen molar-refractivity contribution in [2.24, 2.45) is 0 Å². The van der Waals surface area contributed by atoms with Crippen LogP contribution in [-0.4, -0.2) is 43.2 Å². The fourth-order valence-electron chi connectivity index (χ4n) is 4.58. The quantitative estimate of drug-likeness (QED) is 0.221. The molecule has 3 aromatic carbocycles. The van der Waals surface area contributed by atoms with Gasteiger partial charge >= 0.3 is 6.03 Å². The fraction of sp³-hybridized carbons (Fsp3) is 0.375. The highest BCUT2D eigenvalue weighted by Crippen LogP contribution is 2.29. The summed E-state index contributed by atoms with van der Waals surface area (Å²) in [5.41, 5.74) is 2.63. The molecule has 0 spiro atoms. The fourth-order valence-corrected chi connectivity index (χ4v) is 4.58. The van der Waals surface area contributed by atoms with Crippen LogP contribution in [0.2, 0.25) is 0 Å². The van der Waals surface area contributed by atoms with E-state index in [-0.39, 0.29) is 18.0 Å². The number of piperidine rings is 1. The molecule has 3 aromatic rings. The molecule has 0 bridgehead atoms. The average molecular weight is 561 g/mol. The second-order valence-electron chi connectivity index (χ2n) is 10.1. The van der Waals surface area contributed by atoms with Crippen molar-refractivity contribution in [1.82, 2.24) is 10.4 Å². The number of hydrogen-bond acceptors (Lipinski definition) is 6. The van der Waals surface area contributed by atoms with Crippen molar-refractivity contribution in [1.29, 1.82) is 0 Å². The van der Waals surface area contributed by atoms with Crippen LogP contribution in [0.15, 0.2) is 66.7 Å². The minimum Gasteiger partial charge on any atom is -0.457 e. The van der Waals surface area contributed by atoms with Crippen LogP contribution in [0, 0.1) is 0 Å². The molecule has 0 aromatic heterocycles. The number of carbonyl (C=O) groups excluding carboxylic acids is 2. The Morgan fingerprint density at radius 2 is 1.49 bits per heavy atom. The number of ether oxygens (including phenoxy) is 2. The van der Waals surface area contributed by atoms with Crippen molar-refractivity contribution in [3.63, 3.8) is 0 Å². The van der Waals surface area contributed by atoms with Crippen molar-refractivity contribution >= 4 is 23.3 Å². The van der Waals surface area contributed by atoms with Gasteiger partial charge in [0.15, 0.2) is 0 Å². The number of benzene rings is 3. The van der Waals surface area contributed by atoms with Gasteiger partial charge in [0.2, 0.25) is 0 Å². The van der Waals surface area contributed by atoms with E-state index in [1.165, 1.54) is 6.42 Å². The van der Waals surface area contributed by atoms with Crippen LogP contribution in [-0.2, 0) is 11.3 Å². The van der Waals surface area contributed by atoms with Gasteiger partial charge in [-0.25, -0.2) is 4.79 Å². The number of amides is 3. The number of nitrogens with one attached hydrogen (secondary N) is 3. The summed E-state index contributed by atoms with van der Waals surface area (Å²) < 4.78 is 11.5. The van der Waals surface area contributed by atoms with Gasteiger partial charge < -0.3 is 30.3 Å². The molecule has 0 unspecified atom stereocenters. The van der Waals surface area contributed by atoms with Gasteiger partial charge in [0.05, 0.1) is 6.61 Å². The van der Waals surface area contributed by atoms with Gasteiger partial charge in [0.1, 0.15) is 17.2 Å². The number of anilines is 2. The molecule has 0 saturated carbocycles. The Hall–Kier alpha value is -4.08. The molecule has 1 heterocycles. The molecule has 9 nitrogen and oxygen atoms in total. The summed E-state index contributed by atoms with van der Waals surface area (Å²) in [6.45, 7) is 6.26. The van der Waals surface area contributed by atoms with E-state index in [1.54, 1.807) is 55.6 Å². The maximum absolute atomic E-state index is 12.8. The zero-order valence-electron chi connectivity index (χ0n) is 24.1. The molecule has 0 aliphatic carbocycles. The van der Waals surface area contributed by atoms with Crippen molar-refractivity contribution in [2.75, 3.05) is 30.8 Å². The Kier molecular flexibility index (Phi) is 11.0. The summed E-state index contributed by atoms with van der Waals surface area (Å²) in [6, 6.07) is 19.6. The predicted molar refractivity (Wildman–Crippen MR) is 161 cm³/mol. The van der Waals surface area contributed by atoms with E-state index < -0.39 is 0 Å². The number of urea groups is 1. The summed E-state index contributed by atoms with van der Waals surface area (Å²) in [5.74, 6) is 1.74. The maximum atomic E-state index is 12.8. The second-order valence-corrected chi connectivity index (χ2v) is 10.1. The number of carbonyl (C=O) groups is 2. The zero-order valence-corrected chi connectivity index (χ0v) is 24.1. The van der Waals surface area contributed by atoms with Crippen LogP contribution < -0.4 is 25.5 Å². The maximum Gasteiger partial charge on any atom is 0.319 e. The van der Waals surface area contributed by atoms with Gasteiger partial charge in [-0.05, 0) is 92.4 Å². The van der Waals surface area contributed by atoms with Crippen molar-refractivity contribution < 1.29 is 23.9 Å². The van der Waals surface area contributed by atoms with E-state index in [1.807, 2.05) is 37.1 Å². The molecular formula is C32H40N4O5. The van der Waals surface area contributed by atoms with E-state index >= 15 is 0 Å². The molecule has 41 heavy (non-hydrogen) atoms. The Morgan fingerprint density at radius 1 is 0.829 bits per heavy atom. The lowest BCUT2D eigenvalue weighted by Crippen LogP contribution is -2.37. The first kappa shape index (κ1) is 29.9. The average Bonchev–Trinajstić information content (AvgIpc) is 2.99. The van der Waals surface area contributed by atoms with Crippen LogP contribution in [0.4, 0.5) is 16.2 Å². The van der Waals surface area contributed by atoms with E-state index in [0.717, 1.165) is 50.1 Å². The van der Waals surface area contributed by atoms with Crippen molar-refractivity contribution in [3.8, 4) is 17.2 Å². The van der Waals surface area contributed by atoms with Gasteiger partial charge in [0.25, 0.3) is 5.91 Å². The van der Waals surface area contributed by atoms with Crippen LogP contribution >= 0.6 is 0 Å². The van der Waals surface area contributed by atoms with Gasteiger partial charge in [-0.15, -0.1) is 5.06 Å². The first-order valence-electron chi connectivity index (χ1n) is 14.3. The lowest BCUT2D eigenvalue weighted by molar-refractivity contribution is -0.0720. The number of nitrogens with zero attached hydrogens (tertiary/aromatic N) is 1. The van der Waals surface area contributed by atoms with Crippen molar-refractivity contribution in [3.05, 3.63) is 77.9 Å². The third-order valence-corrected chi connectivity index (χ3v) is 6.95. The van der Waals surface area contributed by atoms with Crippen LogP contribution in [0.3, 0.4) is 0 Å². The molecule has 4 rings (SSSR count). The number of hydrogen-bond donors (Lipinski definition) is 3. The topological polar surface area (TPSA) is 101 Å². The standard InChI is InChI=1S/C32H40N4O5/c1-4-25(5-2)34-32(38)35-27-13-18-30(24(21-27)22-39-3)40-28-16-11-26(12-17-28)33-31(37)23-9-14-29(15-10-23)41-36-19-7-6-8-20-36/h9-18,21,25H,4-8,19-20,22H2,1-3H3,(H,33,37)(H2,34,35,38). The third-order valence-electron chi connectivity index (χ3n) is 6.95. The molecule has 3 amide bonds. The molecule has 0 radical (unpaired) electrons. The van der Waals surface area contributed by atoms with E-state index in [0.29, 0.717) is 35.0 Å². The van der Waals surface area contributed by atoms with Crippen LogP contribution in [0.25, 0.3) is 0 Å². The lowest BCUT2D eigenvalue weighted by atomic mass is 10.1. The van der Waals surface area contributed by atoms with Gasteiger partial charge in [-0.3, -0.25) is 4.79 Å². The smallest absolute Gasteiger partial charge is 0.319 e. The van der Waals surface area contributed by atoms with E-state index in [4.69, 9.17) is 14.3 Å². The summed E-state index contributed by atoms with van der Waals surface area (Å²) in [4.78, 5) is 31.0. The Balaban J connectivity index is 1.33. The Labute approximate surface area is 242 Å². The normalized spacial score (nSPS) is 13.5. The monoisotopic (exact) mass is 560 g/mol. The van der Waals surface area contributed by atoms with E-state index in [2.05, 4.69) is 16.0 Å². The van der Waals surface area contributed by atoms with Gasteiger partial charge in [-0.1, -0.05) is 20.3 Å². The molecule has 9 heteroatoms. The summed E-state index contributed by atoms with van der Waals surface area (Å²) >= 11 is 0. The molecule has 0 atom stereocenters. The number of hydroxylamine groups is 2. The molecular weight excluding hydrogens is 520 g/mol. The third kappa shape index (κ3) is 8.96. The summed E-state index contributed by atoms with van der Waals surface area (Å²) in [7, 11) is 1.61. The molecule has 218 valence electrons. The first-order valence-corrected chi connectivity index (χ1v) is 14.3. The van der Waals surface area contributed by atoms with Gasteiger partial charge in [0, 0.05) is 48.7 Å². The molecule has 1 saturated heterocycles. The summed E-state index contributed by atoms with van der Waals surface area (Å²) in [6.07, 6.45) is 5.26. The number of methoxy groups -OCH3 is 1. The van der Waals surface area contributed by atoms with Gasteiger partial charge in [-0.2, -0.15) is 0 Å². The first-order chi connectivity index (χ1) is 20.0. The predicted octanol–water partition coefficient (Wildman–Crippen LogP) is 6.97. The highest BCUT2D eigenvalue weighted by Gasteiger charge is 2.14. The summed E-state index contributed by atoms with van der Waals surface area (Å²) in [5, 5.41) is 10.7. The van der Waals surface area contributed by atoms with Crippen molar-refractivity contribution in [2.45, 2.75) is 58.6 Å². The minimum atomic E-state index is -0.241. The van der Waals surface area contributed by atoms with Crippen LogP contribution in [0.5, 0.6) is 17.2 Å². The van der Waals surface area contributed by atoms with E-state index in [9.17, 15) is 9.59 Å². The Morgan fingerprint density at radius 3 is 2.15 bits per heavy atom. The zero-order chi connectivity index (χ0) is 29.0. The molecule has 3 N–H and O–H groups in total. The van der Waals surface area contributed by atoms with Crippen LogP contribution in [0.1, 0.15) is 61.9 Å². The Bertz CT molecular complexity index is 1270. The highest BCUT2D eigenvalue weighted by atomic mass is 16.7. The minimum absolute atomic E-state index is 0.133. The largest absolute Gasteiger partial charge is 0.457 e. The molecule has 1 aliphatic heterocycles. The lowest BCUT2D eigenvalue weighted by Gasteiger charge is -2.26.